The number of benzene rings is 1. The van der Waals surface area contributed by atoms with Crippen LogP contribution >= 0.6 is 0 Å². The van der Waals surface area contributed by atoms with Crippen LogP contribution in [0.5, 0.6) is 5.75 Å². The maximum absolute atomic E-state index is 12.1. The monoisotopic (exact) mass is 304 g/mol. The first-order valence-corrected chi connectivity index (χ1v) is 8.09. The van der Waals surface area contributed by atoms with Crippen molar-refractivity contribution in [1.29, 1.82) is 0 Å². The second kappa shape index (κ2) is 7.11. The van der Waals surface area contributed by atoms with Crippen molar-refractivity contribution in [2.45, 2.75) is 31.7 Å². The van der Waals surface area contributed by atoms with Crippen molar-refractivity contribution in [3.8, 4) is 5.75 Å². The molecule has 1 saturated heterocycles. The molecule has 0 aromatic heterocycles. The third-order valence-corrected chi connectivity index (χ3v) is 4.54. The molecule has 1 amide bonds. The zero-order chi connectivity index (χ0) is 15.4. The summed E-state index contributed by atoms with van der Waals surface area (Å²) >= 11 is 0. The standard InChI is InChI=1S/C17H24N2O3/c18-16(13-4-8-21-9-5-13)17(20)19-7-3-12-1-2-15-14(11-12)6-10-22-15/h1-2,11,13,16H,3-10,18H2,(H,19,20). The van der Waals surface area contributed by atoms with Crippen molar-refractivity contribution < 1.29 is 14.3 Å². The Morgan fingerprint density at radius 3 is 2.95 bits per heavy atom. The highest BCUT2D eigenvalue weighted by molar-refractivity contribution is 5.81. The molecule has 0 bridgehead atoms. The molecule has 2 aliphatic heterocycles. The molecular weight excluding hydrogens is 280 g/mol. The van der Waals surface area contributed by atoms with Gasteiger partial charge in [0, 0.05) is 26.2 Å². The molecule has 5 nitrogen and oxygen atoms in total. The minimum Gasteiger partial charge on any atom is -0.493 e. The second-order valence-corrected chi connectivity index (χ2v) is 6.06. The molecule has 1 aromatic rings. The van der Waals surface area contributed by atoms with Crippen molar-refractivity contribution in [3.05, 3.63) is 29.3 Å². The Bertz CT molecular complexity index is 527. The number of carbonyl (C=O) groups excluding carboxylic acids is 1. The first kappa shape index (κ1) is 15.3. The van der Waals surface area contributed by atoms with E-state index in [9.17, 15) is 4.79 Å². The molecule has 1 atom stereocenters. The largest absolute Gasteiger partial charge is 0.493 e. The highest BCUT2D eigenvalue weighted by Crippen LogP contribution is 2.25. The summed E-state index contributed by atoms with van der Waals surface area (Å²) in [6.07, 6.45) is 3.54. The van der Waals surface area contributed by atoms with Gasteiger partial charge in [0.2, 0.25) is 5.91 Å². The van der Waals surface area contributed by atoms with Crippen LogP contribution in [-0.4, -0.2) is 38.3 Å². The topological polar surface area (TPSA) is 73.6 Å². The fourth-order valence-corrected chi connectivity index (χ4v) is 3.13. The Balaban J connectivity index is 1.45. The van der Waals surface area contributed by atoms with Crippen LogP contribution in [0.2, 0.25) is 0 Å². The quantitative estimate of drug-likeness (QED) is 0.852. The summed E-state index contributed by atoms with van der Waals surface area (Å²) in [5.74, 6) is 1.19. The van der Waals surface area contributed by atoms with E-state index in [1.165, 1.54) is 11.1 Å². The molecule has 2 aliphatic rings. The fourth-order valence-electron chi connectivity index (χ4n) is 3.13. The van der Waals surface area contributed by atoms with Gasteiger partial charge in [-0.3, -0.25) is 4.79 Å². The van der Waals surface area contributed by atoms with Crippen molar-refractivity contribution in [2.75, 3.05) is 26.4 Å². The molecular formula is C17H24N2O3. The Morgan fingerprint density at radius 2 is 2.14 bits per heavy atom. The summed E-state index contributed by atoms with van der Waals surface area (Å²) in [5.41, 5.74) is 8.55. The van der Waals surface area contributed by atoms with E-state index in [1.807, 2.05) is 6.07 Å². The van der Waals surface area contributed by atoms with Crippen LogP contribution in [0.25, 0.3) is 0 Å². The molecule has 0 saturated carbocycles. The van der Waals surface area contributed by atoms with Gasteiger partial charge in [0.05, 0.1) is 12.6 Å². The predicted molar refractivity (Wildman–Crippen MR) is 83.9 cm³/mol. The summed E-state index contributed by atoms with van der Waals surface area (Å²) in [7, 11) is 0. The van der Waals surface area contributed by atoms with E-state index in [0.29, 0.717) is 19.8 Å². The number of rotatable bonds is 5. The van der Waals surface area contributed by atoms with E-state index in [1.54, 1.807) is 0 Å². The average Bonchev–Trinajstić information content (AvgIpc) is 3.02. The molecule has 1 unspecified atom stereocenters. The Labute approximate surface area is 131 Å². The number of fused-ring (bicyclic) bond motifs is 1. The molecule has 1 aromatic carbocycles. The summed E-state index contributed by atoms with van der Waals surface area (Å²) < 4.78 is 10.8. The lowest BCUT2D eigenvalue weighted by Crippen LogP contribution is -2.47. The zero-order valence-electron chi connectivity index (χ0n) is 12.8. The normalized spacial score (nSPS) is 19.3. The summed E-state index contributed by atoms with van der Waals surface area (Å²) in [4.78, 5) is 12.1. The average molecular weight is 304 g/mol. The van der Waals surface area contributed by atoms with E-state index in [0.717, 1.165) is 38.0 Å². The first-order valence-electron chi connectivity index (χ1n) is 8.09. The summed E-state index contributed by atoms with van der Waals surface area (Å²) in [6, 6.07) is 5.84. The van der Waals surface area contributed by atoms with Crippen LogP contribution in [0.1, 0.15) is 24.0 Å². The highest BCUT2D eigenvalue weighted by atomic mass is 16.5. The van der Waals surface area contributed by atoms with Crippen LogP contribution in [0.15, 0.2) is 18.2 Å². The number of hydrogen-bond donors (Lipinski definition) is 2. The van der Waals surface area contributed by atoms with Crippen LogP contribution in [-0.2, 0) is 22.4 Å². The maximum atomic E-state index is 12.1. The van der Waals surface area contributed by atoms with Crippen LogP contribution in [0.3, 0.4) is 0 Å². The predicted octanol–water partition coefficient (Wildman–Crippen LogP) is 1.03. The number of hydrogen-bond acceptors (Lipinski definition) is 4. The Kier molecular flexibility index (Phi) is 4.95. The number of carbonyl (C=O) groups is 1. The van der Waals surface area contributed by atoms with Crippen molar-refractivity contribution in [1.82, 2.24) is 5.32 Å². The van der Waals surface area contributed by atoms with Gasteiger partial charge in [-0.1, -0.05) is 12.1 Å². The molecule has 3 N–H and O–H groups in total. The number of nitrogens with one attached hydrogen (secondary N) is 1. The van der Waals surface area contributed by atoms with E-state index < -0.39 is 6.04 Å². The molecule has 0 radical (unpaired) electrons. The number of nitrogens with two attached hydrogens (primary N) is 1. The van der Waals surface area contributed by atoms with E-state index in [-0.39, 0.29) is 11.8 Å². The summed E-state index contributed by atoms with van der Waals surface area (Å²) in [5, 5.41) is 2.96. The maximum Gasteiger partial charge on any atom is 0.237 e. The molecule has 5 heteroatoms. The van der Waals surface area contributed by atoms with Crippen molar-refractivity contribution in [2.24, 2.45) is 11.7 Å². The van der Waals surface area contributed by atoms with E-state index >= 15 is 0 Å². The van der Waals surface area contributed by atoms with Gasteiger partial charge in [0.15, 0.2) is 0 Å². The van der Waals surface area contributed by atoms with E-state index in [4.69, 9.17) is 15.2 Å². The molecule has 2 heterocycles. The SMILES string of the molecule is NC(C(=O)NCCc1ccc2c(c1)CCO2)C1CCOCC1. The van der Waals surface area contributed by atoms with Gasteiger partial charge in [0.1, 0.15) is 5.75 Å². The molecule has 0 aliphatic carbocycles. The van der Waals surface area contributed by atoms with Gasteiger partial charge in [-0.25, -0.2) is 0 Å². The molecule has 1 fully saturated rings. The van der Waals surface area contributed by atoms with Gasteiger partial charge in [-0.05, 0) is 42.4 Å². The van der Waals surface area contributed by atoms with Crippen LogP contribution in [0, 0.1) is 5.92 Å². The minimum absolute atomic E-state index is 0.0450. The number of amides is 1. The lowest BCUT2D eigenvalue weighted by atomic mass is 9.92. The van der Waals surface area contributed by atoms with Gasteiger partial charge in [-0.15, -0.1) is 0 Å². The zero-order valence-corrected chi connectivity index (χ0v) is 12.8. The Hall–Kier alpha value is -1.59. The lowest BCUT2D eigenvalue weighted by molar-refractivity contribution is -0.124. The third kappa shape index (κ3) is 3.59. The first-order chi connectivity index (χ1) is 10.7. The van der Waals surface area contributed by atoms with Gasteiger partial charge in [0.25, 0.3) is 0 Å². The number of ether oxygens (including phenoxy) is 2. The van der Waals surface area contributed by atoms with Crippen molar-refractivity contribution in [3.63, 3.8) is 0 Å². The Morgan fingerprint density at radius 1 is 1.32 bits per heavy atom. The van der Waals surface area contributed by atoms with Crippen LogP contribution < -0.4 is 15.8 Å². The second-order valence-electron chi connectivity index (χ2n) is 6.06. The lowest BCUT2D eigenvalue weighted by Gasteiger charge is -2.26. The highest BCUT2D eigenvalue weighted by Gasteiger charge is 2.26. The smallest absolute Gasteiger partial charge is 0.237 e. The molecule has 3 rings (SSSR count). The van der Waals surface area contributed by atoms with E-state index in [2.05, 4.69) is 17.4 Å². The van der Waals surface area contributed by atoms with Crippen LogP contribution in [0.4, 0.5) is 0 Å². The minimum atomic E-state index is -0.419. The van der Waals surface area contributed by atoms with Gasteiger partial charge >= 0.3 is 0 Å². The molecule has 22 heavy (non-hydrogen) atoms. The molecule has 0 spiro atoms. The van der Waals surface area contributed by atoms with Gasteiger partial charge < -0.3 is 20.5 Å². The summed E-state index contributed by atoms with van der Waals surface area (Å²) in [6.45, 7) is 2.82. The fraction of sp³-hybridized carbons (Fsp3) is 0.588. The van der Waals surface area contributed by atoms with Gasteiger partial charge in [-0.2, -0.15) is 0 Å². The molecule has 120 valence electrons. The van der Waals surface area contributed by atoms with Crippen molar-refractivity contribution >= 4 is 5.91 Å². The third-order valence-electron chi connectivity index (χ3n) is 4.54.